The van der Waals surface area contributed by atoms with E-state index in [4.69, 9.17) is 20.9 Å². The second-order valence-corrected chi connectivity index (χ2v) is 8.53. The SMILES string of the molecule is O=C(c1ccc(Cl)cc1)N(Cc1c(-c2ccc(F)cc2)noc1N1CCOCC1)C1CC1. The van der Waals surface area contributed by atoms with Crippen LogP contribution in [0.2, 0.25) is 5.02 Å². The largest absolute Gasteiger partial charge is 0.378 e. The highest BCUT2D eigenvalue weighted by Crippen LogP contribution is 2.37. The molecule has 1 aliphatic heterocycles. The molecule has 0 spiro atoms. The number of carbonyl (C=O) groups excluding carboxylic acids is 1. The Morgan fingerprint density at radius 1 is 1.09 bits per heavy atom. The number of ether oxygens (including phenoxy) is 1. The lowest BCUT2D eigenvalue weighted by atomic mass is 10.1. The molecule has 1 aliphatic carbocycles. The summed E-state index contributed by atoms with van der Waals surface area (Å²) < 4.78 is 24.8. The fourth-order valence-electron chi connectivity index (χ4n) is 3.97. The van der Waals surface area contributed by atoms with Gasteiger partial charge in [-0.2, -0.15) is 0 Å². The molecule has 1 saturated heterocycles. The highest BCUT2D eigenvalue weighted by molar-refractivity contribution is 6.30. The average molecular weight is 456 g/mol. The molecule has 8 heteroatoms. The van der Waals surface area contributed by atoms with Gasteiger partial charge in [-0.1, -0.05) is 16.8 Å². The van der Waals surface area contributed by atoms with E-state index in [2.05, 4.69) is 10.1 Å². The summed E-state index contributed by atoms with van der Waals surface area (Å²) in [7, 11) is 0. The van der Waals surface area contributed by atoms with E-state index >= 15 is 0 Å². The van der Waals surface area contributed by atoms with Crippen LogP contribution in [0.25, 0.3) is 11.3 Å². The molecule has 1 amide bonds. The van der Waals surface area contributed by atoms with Crippen molar-refractivity contribution in [1.29, 1.82) is 0 Å². The van der Waals surface area contributed by atoms with Crippen LogP contribution < -0.4 is 4.90 Å². The van der Waals surface area contributed by atoms with Crippen LogP contribution in [0.4, 0.5) is 10.3 Å². The summed E-state index contributed by atoms with van der Waals surface area (Å²) >= 11 is 6.00. The van der Waals surface area contributed by atoms with Crippen LogP contribution in [0.15, 0.2) is 53.1 Å². The maximum Gasteiger partial charge on any atom is 0.254 e. The predicted molar refractivity (Wildman–Crippen MR) is 119 cm³/mol. The molecule has 2 fully saturated rings. The number of anilines is 1. The highest BCUT2D eigenvalue weighted by atomic mass is 35.5. The van der Waals surface area contributed by atoms with Crippen LogP contribution in [0.3, 0.4) is 0 Å². The number of carbonyl (C=O) groups is 1. The Labute approximate surface area is 190 Å². The third kappa shape index (κ3) is 4.36. The Bertz CT molecular complexity index is 1090. The van der Waals surface area contributed by atoms with Crippen molar-refractivity contribution in [2.24, 2.45) is 0 Å². The molecule has 2 aromatic carbocycles. The van der Waals surface area contributed by atoms with Crippen LogP contribution >= 0.6 is 11.6 Å². The van der Waals surface area contributed by atoms with Crippen molar-refractivity contribution in [3.8, 4) is 11.3 Å². The maximum atomic E-state index is 13.5. The third-order valence-electron chi connectivity index (χ3n) is 5.85. The van der Waals surface area contributed by atoms with Crippen LogP contribution in [-0.4, -0.2) is 48.3 Å². The van der Waals surface area contributed by atoms with Crippen LogP contribution in [0.5, 0.6) is 0 Å². The Morgan fingerprint density at radius 3 is 2.44 bits per heavy atom. The first-order valence-corrected chi connectivity index (χ1v) is 11.1. The van der Waals surface area contributed by atoms with Gasteiger partial charge in [0, 0.05) is 35.3 Å². The number of amides is 1. The fourth-order valence-corrected chi connectivity index (χ4v) is 4.10. The first-order chi connectivity index (χ1) is 15.6. The lowest BCUT2D eigenvalue weighted by Gasteiger charge is -2.28. The number of morpholine rings is 1. The zero-order valence-corrected chi connectivity index (χ0v) is 18.2. The first kappa shape index (κ1) is 21.0. The van der Waals surface area contributed by atoms with E-state index in [9.17, 15) is 9.18 Å². The zero-order valence-electron chi connectivity index (χ0n) is 17.5. The lowest BCUT2D eigenvalue weighted by molar-refractivity contribution is 0.0729. The van der Waals surface area contributed by atoms with E-state index in [-0.39, 0.29) is 17.8 Å². The number of halogens is 2. The smallest absolute Gasteiger partial charge is 0.254 e. The molecule has 6 nitrogen and oxygen atoms in total. The van der Waals surface area contributed by atoms with Crippen molar-refractivity contribution in [2.75, 3.05) is 31.2 Å². The standard InChI is InChI=1S/C24H23ClFN3O3/c25-18-5-1-17(2-6-18)23(30)29(20-9-10-20)15-21-22(16-3-7-19(26)8-4-16)27-32-24(21)28-11-13-31-14-12-28/h1-8,20H,9-15H2. The van der Waals surface area contributed by atoms with Gasteiger partial charge in [-0.15, -0.1) is 0 Å². The molecule has 0 atom stereocenters. The highest BCUT2D eigenvalue weighted by Gasteiger charge is 2.36. The van der Waals surface area contributed by atoms with E-state index in [1.165, 1.54) is 12.1 Å². The van der Waals surface area contributed by atoms with Crippen molar-refractivity contribution in [3.63, 3.8) is 0 Å². The quantitative estimate of drug-likeness (QED) is 0.535. The molecule has 0 radical (unpaired) electrons. The van der Waals surface area contributed by atoms with Gasteiger partial charge in [-0.25, -0.2) is 4.39 Å². The van der Waals surface area contributed by atoms with Gasteiger partial charge in [0.1, 0.15) is 11.5 Å². The molecular weight excluding hydrogens is 433 g/mol. The predicted octanol–water partition coefficient (Wildman–Crippen LogP) is 4.78. The molecular formula is C24H23ClFN3O3. The number of hydrogen-bond acceptors (Lipinski definition) is 5. The summed E-state index contributed by atoms with van der Waals surface area (Å²) in [5, 5.41) is 4.92. The number of benzene rings is 2. The van der Waals surface area contributed by atoms with Crippen LogP contribution in [0, 0.1) is 5.82 Å². The number of aromatic nitrogens is 1. The summed E-state index contributed by atoms with van der Waals surface area (Å²) in [5.74, 6) is 0.273. The first-order valence-electron chi connectivity index (χ1n) is 10.7. The summed E-state index contributed by atoms with van der Waals surface area (Å²) in [4.78, 5) is 17.4. The van der Waals surface area contributed by atoms with Gasteiger partial charge in [0.05, 0.1) is 25.3 Å². The lowest BCUT2D eigenvalue weighted by Crippen LogP contribution is -2.37. The van der Waals surface area contributed by atoms with Crippen LogP contribution in [0.1, 0.15) is 28.8 Å². The summed E-state index contributed by atoms with van der Waals surface area (Å²) in [6, 6.07) is 13.3. The molecule has 1 aromatic heterocycles. The average Bonchev–Trinajstić information content (AvgIpc) is 3.58. The molecule has 2 aliphatic rings. The fraction of sp³-hybridized carbons (Fsp3) is 0.333. The molecule has 32 heavy (non-hydrogen) atoms. The maximum absolute atomic E-state index is 13.5. The number of nitrogens with zero attached hydrogens (tertiary/aromatic N) is 3. The normalized spacial score (nSPS) is 16.2. The molecule has 166 valence electrons. The molecule has 2 heterocycles. The minimum atomic E-state index is -0.315. The van der Waals surface area contributed by atoms with Crippen molar-refractivity contribution in [3.05, 3.63) is 70.5 Å². The van der Waals surface area contributed by atoms with Gasteiger partial charge in [-0.05, 0) is 61.4 Å². The van der Waals surface area contributed by atoms with Gasteiger partial charge in [0.15, 0.2) is 0 Å². The van der Waals surface area contributed by atoms with Gasteiger partial charge in [-0.3, -0.25) is 4.79 Å². The van der Waals surface area contributed by atoms with Gasteiger partial charge in [0.2, 0.25) is 5.88 Å². The van der Waals surface area contributed by atoms with Crippen molar-refractivity contribution >= 4 is 23.4 Å². The van der Waals surface area contributed by atoms with Gasteiger partial charge in [0.25, 0.3) is 5.91 Å². The molecule has 5 rings (SSSR count). The molecule has 0 unspecified atom stereocenters. The topological polar surface area (TPSA) is 58.8 Å². The second kappa shape index (κ2) is 8.92. The van der Waals surface area contributed by atoms with Crippen molar-refractivity contribution in [2.45, 2.75) is 25.4 Å². The molecule has 1 saturated carbocycles. The van der Waals surface area contributed by atoms with Crippen molar-refractivity contribution in [1.82, 2.24) is 10.1 Å². The van der Waals surface area contributed by atoms with E-state index in [0.29, 0.717) is 55.0 Å². The molecule has 3 aromatic rings. The Hall–Kier alpha value is -2.90. The Morgan fingerprint density at radius 2 is 1.78 bits per heavy atom. The minimum Gasteiger partial charge on any atom is -0.378 e. The minimum absolute atomic E-state index is 0.0525. The van der Waals surface area contributed by atoms with E-state index in [0.717, 1.165) is 24.0 Å². The monoisotopic (exact) mass is 455 g/mol. The Kier molecular flexibility index (Phi) is 5.85. The molecule has 0 bridgehead atoms. The summed E-state index contributed by atoms with van der Waals surface area (Å²) in [5.41, 5.74) is 2.79. The van der Waals surface area contributed by atoms with E-state index in [1.54, 1.807) is 36.4 Å². The van der Waals surface area contributed by atoms with E-state index in [1.807, 2.05) is 4.90 Å². The summed E-state index contributed by atoms with van der Waals surface area (Å²) in [6.07, 6.45) is 1.92. The van der Waals surface area contributed by atoms with Gasteiger partial charge >= 0.3 is 0 Å². The van der Waals surface area contributed by atoms with Gasteiger partial charge < -0.3 is 19.1 Å². The molecule has 0 N–H and O–H groups in total. The Balaban J connectivity index is 1.52. The number of hydrogen-bond donors (Lipinski definition) is 0. The van der Waals surface area contributed by atoms with Crippen molar-refractivity contribution < 1.29 is 18.4 Å². The number of rotatable bonds is 6. The third-order valence-corrected chi connectivity index (χ3v) is 6.10. The van der Waals surface area contributed by atoms with E-state index < -0.39 is 0 Å². The van der Waals surface area contributed by atoms with Crippen LogP contribution in [-0.2, 0) is 11.3 Å². The summed E-state index contributed by atoms with van der Waals surface area (Å²) in [6.45, 7) is 2.92. The second-order valence-electron chi connectivity index (χ2n) is 8.09. The zero-order chi connectivity index (χ0) is 22.1.